The van der Waals surface area contributed by atoms with Crippen LogP contribution in [0.15, 0.2) is 18.2 Å². The largest absolute Gasteiger partial charge is 0.484 e. The molecule has 0 spiro atoms. The van der Waals surface area contributed by atoms with Gasteiger partial charge in [-0.25, -0.2) is 4.79 Å². The summed E-state index contributed by atoms with van der Waals surface area (Å²) in [6.07, 6.45) is -1.28. The van der Waals surface area contributed by atoms with Gasteiger partial charge in [0, 0.05) is 17.8 Å². The van der Waals surface area contributed by atoms with E-state index in [4.69, 9.17) is 4.74 Å². The van der Waals surface area contributed by atoms with E-state index in [0.717, 1.165) is 12.8 Å². The molecule has 134 valence electrons. The van der Waals surface area contributed by atoms with Crippen LogP contribution in [0.2, 0.25) is 0 Å². The van der Waals surface area contributed by atoms with Crippen molar-refractivity contribution in [3.05, 3.63) is 23.8 Å². The lowest BCUT2D eigenvalue weighted by atomic mass is 10.0. The Kier molecular flexibility index (Phi) is 5.58. The number of urea groups is 1. The molecule has 1 aromatic carbocycles. The van der Waals surface area contributed by atoms with Gasteiger partial charge in [-0.1, -0.05) is 18.9 Å². The van der Waals surface area contributed by atoms with Gasteiger partial charge in [0.05, 0.1) is 5.60 Å². The van der Waals surface area contributed by atoms with E-state index in [-0.39, 0.29) is 12.3 Å². The van der Waals surface area contributed by atoms with E-state index in [1.807, 2.05) is 0 Å². The molecule has 0 unspecified atom stereocenters. The third kappa shape index (κ3) is 5.30. The lowest BCUT2D eigenvalue weighted by molar-refractivity contribution is -0.153. The fraction of sp³-hybridized carbons (Fsp3) is 0.562. The van der Waals surface area contributed by atoms with Gasteiger partial charge in [-0.2, -0.15) is 13.2 Å². The zero-order chi connectivity index (χ0) is 17.8. The summed E-state index contributed by atoms with van der Waals surface area (Å²) in [4.78, 5) is 11.9. The van der Waals surface area contributed by atoms with Gasteiger partial charge in [0.15, 0.2) is 6.61 Å². The molecule has 3 N–H and O–H groups in total. The van der Waals surface area contributed by atoms with Gasteiger partial charge in [0.25, 0.3) is 0 Å². The molecule has 0 aliphatic heterocycles. The molecule has 0 aromatic heterocycles. The summed E-state index contributed by atoms with van der Waals surface area (Å²) < 4.78 is 41.5. The lowest BCUT2D eigenvalue weighted by Gasteiger charge is -2.22. The molecule has 1 aliphatic rings. The molecule has 0 radical (unpaired) electrons. The highest BCUT2D eigenvalue weighted by molar-refractivity contribution is 5.90. The number of benzene rings is 1. The molecule has 2 amide bonds. The van der Waals surface area contributed by atoms with E-state index in [2.05, 4.69) is 10.6 Å². The summed E-state index contributed by atoms with van der Waals surface area (Å²) in [5, 5.41) is 15.3. The first-order valence-electron chi connectivity index (χ1n) is 7.75. The van der Waals surface area contributed by atoms with Crippen molar-refractivity contribution >= 4 is 11.7 Å². The van der Waals surface area contributed by atoms with Crippen LogP contribution in [-0.4, -0.2) is 36.1 Å². The minimum atomic E-state index is -4.43. The Hall–Kier alpha value is -1.96. The van der Waals surface area contributed by atoms with Crippen LogP contribution in [-0.2, 0) is 0 Å². The molecule has 2 rings (SSSR count). The van der Waals surface area contributed by atoms with Crippen molar-refractivity contribution in [1.29, 1.82) is 0 Å². The first-order valence-corrected chi connectivity index (χ1v) is 7.75. The van der Waals surface area contributed by atoms with Crippen LogP contribution in [0.5, 0.6) is 5.75 Å². The minimum absolute atomic E-state index is 0.0551. The SMILES string of the molecule is Cc1c(NC(=O)NCC2(O)CCCC2)cccc1OCC(F)(F)F. The number of ether oxygens (including phenoxy) is 1. The number of amides is 2. The zero-order valence-electron chi connectivity index (χ0n) is 13.4. The predicted octanol–water partition coefficient (Wildman–Crippen LogP) is 3.36. The molecule has 8 heteroatoms. The molecule has 1 aliphatic carbocycles. The number of nitrogens with one attached hydrogen (secondary N) is 2. The molecular weight excluding hydrogens is 325 g/mol. The van der Waals surface area contributed by atoms with E-state index in [0.29, 0.717) is 24.1 Å². The first kappa shape index (κ1) is 18.4. The number of alkyl halides is 3. The molecule has 5 nitrogen and oxygen atoms in total. The van der Waals surface area contributed by atoms with Crippen LogP contribution in [0.1, 0.15) is 31.2 Å². The van der Waals surface area contributed by atoms with Crippen molar-refractivity contribution in [3.63, 3.8) is 0 Å². The molecule has 24 heavy (non-hydrogen) atoms. The summed E-state index contributed by atoms with van der Waals surface area (Å²) in [5.41, 5.74) is -0.119. The van der Waals surface area contributed by atoms with Crippen LogP contribution in [0, 0.1) is 6.92 Å². The fourth-order valence-corrected chi connectivity index (χ4v) is 2.69. The Balaban J connectivity index is 1.92. The third-order valence-corrected chi connectivity index (χ3v) is 4.04. The third-order valence-electron chi connectivity index (χ3n) is 4.04. The molecule has 1 aromatic rings. The highest BCUT2D eigenvalue weighted by Gasteiger charge is 2.31. The van der Waals surface area contributed by atoms with Gasteiger partial charge in [-0.05, 0) is 31.9 Å². The summed E-state index contributed by atoms with van der Waals surface area (Å²) >= 11 is 0. The van der Waals surface area contributed by atoms with E-state index in [1.165, 1.54) is 12.1 Å². The lowest BCUT2D eigenvalue weighted by Crippen LogP contribution is -2.42. The molecule has 0 heterocycles. The van der Waals surface area contributed by atoms with E-state index < -0.39 is 24.4 Å². The van der Waals surface area contributed by atoms with Gasteiger partial charge in [0.1, 0.15) is 5.75 Å². The second-order valence-corrected chi connectivity index (χ2v) is 6.07. The number of hydrogen-bond acceptors (Lipinski definition) is 3. The topological polar surface area (TPSA) is 70.6 Å². The van der Waals surface area contributed by atoms with E-state index in [1.54, 1.807) is 13.0 Å². The highest BCUT2D eigenvalue weighted by atomic mass is 19.4. The van der Waals surface area contributed by atoms with Crippen molar-refractivity contribution in [2.24, 2.45) is 0 Å². The van der Waals surface area contributed by atoms with Gasteiger partial charge >= 0.3 is 12.2 Å². The molecule has 0 atom stereocenters. The van der Waals surface area contributed by atoms with Gasteiger partial charge in [-0.15, -0.1) is 0 Å². The number of anilines is 1. The minimum Gasteiger partial charge on any atom is -0.484 e. The van der Waals surface area contributed by atoms with Crippen LogP contribution in [0.4, 0.5) is 23.7 Å². The van der Waals surface area contributed by atoms with Crippen LogP contribution >= 0.6 is 0 Å². The highest BCUT2D eigenvalue weighted by Crippen LogP contribution is 2.29. The summed E-state index contributed by atoms with van der Waals surface area (Å²) in [5.74, 6) is 0.0551. The Morgan fingerprint density at radius 3 is 2.62 bits per heavy atom. The zero-order valence-corrected chi connectivity index (χ0v) is 13.4. The number of hydrogen-bond donors (Lipinski definition) is 3. The summed E-state index contributed by atoms with van der Waals surface area (Å²) in [6, 6.07) is 3.95. The Bertz CT molecular complexity index is 584. The maximum atomic E-state index is 12.2. The maximum Gasteiger partial charge on any atom is 0.422 e. The maximum absolute atomic E-state index is 12.2. The monoisotopic (exact) mass is 346 g/mol. The van der Waals surface area contributed by atoms with Crippen LogP contribution < -0.4 is 15.4 Å². The number of aliphatic hydroxyl groups is 1. The van der Waals surface area contributed by atoms with Gasteiger partial charge in [0.2, 0.25) is 0 Å². The fourth-order valence-electron chi connectivity index (χ4n) is 2.69. The number of halogens is 3. The average molecular weight is 346 g/mol. The second kappa shape index (κ2) is 7.29. The van der Waals surface area contributed by atoms with E-state index in [9.17, 15) is 23.1 Å². The molecule has 0 bridgehead atoms. The Morgan fingerprint density at radius 1 is 1.33 bits per heavy atom. The molecule has 1 saturated carbocycles. The molecule has 0 saturated heterocycles. The average Bonchev–Trinajstić information content (AvgIpc) is 2.93. The first-order chi connectivity index (χ1) is 11.2. The normalized spacial score (nSPS) is 16.7. The quantitative estimate of drug-likeness (QED) is 0.766. The Labute approximate surface area is 138 Å². The summed E-state index contributed by atoms with van der Waals surface area (Å²) in [6.45, 7) is 0.310. The summed E-state index contributed by atoms with van der Waals surface area (Å²) in [7, 11) is 0. The standard InChI is InChI=1S/C16H21F3N2O3/c1-11-12(5-4-6-13(11)24-10-16(17,18)19)21-14(22)20-9-15(23)7-2-3-8-15/h4-6,23H,2-3,7-10H2,1H3,(H2,20,21,22). The second-order valence-electron chi connectivity index (χ2n) is 6.07. The van der Waals surface area contributed by atoms with Crippen molar-refractivity contribution in [1.82, 2.24) is 5.32 Å². The van der Waals surface area contributed by atoms with Crippen molar-refractivity contribution in [3.8, 4) is 5.75 Å². The van der Waals surface area contributed by atoms with Crippen molar-refractivity contribution < 1.29 is 27.8 Å². The number of rotatable bonds is 5. The molecular formula is C16H21F3N2O3. The van der Waals surface area contributed by atoms with E-state index >= 15 is 0 Å². The van der Waals surface area contributed by atoms with Gasteiger partial charge in [-0.3, -0.25) is 0 Å². The van der Waals surface area contributed by atoms with Crippen LogP contribution in [0.25, 0.3) is 0 Å². The van der Waals surface area contributed by atoms with Crippen molar-refractivity contribution in [2.75, 3.05) is 18.5 Å². The number of carbonyl (C=O) groups is 1. The van der Waals surface area contributed by atoms with Crippen molar-refractivity contribution in [2.45, 2.75) is 44.4 Å². The van der Waals surface area contributed by atoms with Gasteiger partial charge < -0.3 is 20.5 Å². The predicted molar refractivity (Wildman–Crippen MR) is 83.2 cm³/mol. The van der Waals surface area contributed by atoms with Crippen LogP contribution in [0.3, 0.4) is 0 Å². The smallest absolute Gasteiger partial charge is 0.422 e. The number of carbonyl (C=O) groups excluding carboxylic acids is 1. The Morgan fingerprint density at radius 2 is 2.00 bits per heavy atom. The molecule has 1 fully saturated rings.